The Labute approximate surface area is 180 Å². The Balaban J connectivity index is 1.64. The van der Waals surface area contributed by atoms with E-state index in [0.717, 1.165) is 23.1 Å². The highest BCUT2D eigenvalue weighted by Gasteiger charge is 2.19. The van der Waals surface area contributed by atoms with E-state index in [1.54, 1.807) is 18.4 Å². The van der Waals surface area contributed by atoms with Crippen LogP contribution in [0.2, 0.25) is 0 Å². The van der Waals surface area contributed by atoms with Crippen molar-refractivity contribution in [1.82, 2.24) is 9.88 Å². The number of benzene rings is 2. The number of hydrogen-bond donors (Lipinski definition) is 2. The highest BCUT2D eigenvalue weighted by molar-refractivity contribution is 7.13. The van der Waals surface area contributed by atoms with Gasteiger partial charge in [0.2, 0.25) is 0 Å². The molecule has 2 amide bonds. The number of urea groups is 1. The van der Waals surface area contributed by atoms with Gasteiger partial charge in [0.1, 0.15) is 5.75 Å². The fraction of sp³-hybridized carbons (Fsp3) is 0.208. The first kappa shape index (κ1) is 20.0. The van der Waals surface area contributed by atoms with Crippen LogP contribution in [0.25, 0.3) is 21.5 Å². The van der Waals surface area contributed by atoms with Gasteiger partial charge >= 0.3 is 6.03 Å². The van der Waals surface area contributed by atoms with Gasteiger partial charge < -0.3 is 19.9 Å². The SMILES string of the molecule is CCn1c(-c2cccs2)c(CNC(=O)Nc2cc(C)ccc2OC)c2ccccc21. The molecule has 0 radical (unpaired) electrons. The Kier molecular flexibility index (Phi) is 5.77. The van der Waals surface area contributed by atoms with E-state index in [1.165, 1.54) is 16.1 Å². The second-order valence-corrected chi connectivity index (χ2v) is 8.02. The molecule has 0 fully saturated rings. The van der Waals surface area contributed by atoms with Crippen LogP contribution < -0.4 is 15.4 Å². The zero-order valence-electron chi connectivity index (χ0n) is 17.4. The van der Waals surface area contributed by atoms with Crippen LogP contribution in [-0.4, -0.2) is 17.7 Å². The number of nitrogens with one attached hydrogen (secondary N) is 2. The molecule has 4 rings (SSSR count). The van der Waals surface area contributed by atoms with Crippen molar-refractivity contribution in [2.24, 2.45) is 0 Å². The molecule has 2 aromatic heterocycles. The van der Waals surface area contributed by atoms with Crippen molar-refractivity contribution in [3.05, 3.63) is 71.1 Å². The summed E-state index contributed by atoms with van der Waals surface area (Å²) in [6.45, 7) is 5.42. The highest BCUT2D eigenvalue weighted by atomic mass is 32.1. The molecule has 2 N–H and O–H groups in total. The van der Waals surface area contributed by atoms with Crippen molar-refractivity contribution in [2.45, 2.75) is 26.9 Å². The van der Waals surface area contributed by atoms with Gasteiger partial charge in [-0.1, -0.05) is 30.3 Å². The summed E-state index contributed by atoms with van der Waals surface area (Å²) in [6, 6.07) is 18.0. The molecule has 2 heterocycles. The minimum absolute atomic E-state index is 0.260. The lowest BCUT2D eigenvalue weighted by Crippen LogP contribution is -2.28. The second kappa shape index (κ2) is 8.63. The molecule has 5 nitrogen and oxygen atoms in total. The van der Waals surface area contributed by atoms with Crippen LogP contribution in [0, 0.1) is 6.92 Å². The number of carbonyl (C=O) groups is 1. The Morgan fingerprint density at radius 2 is 1.97 bits per heavy atom. The molecule has 0 aliphatic heterocycles. The van der Waals surface area contributed by atoms with Crippen molar-refractivity contribution < 1.29 is 9.53 Å². The predicted molar refractivity (Wildman–Crippen MR) is 125 cm³/mol. The lowest BCUT2D eigenvalue weighted by atomic mass is 10.1. The number of nitrogens with zero attached hydrogens (tertiary/aromatic N) is 1. The summed E-state index contributed by atoms with van der Waals surface area (Å²) in [5.74, 6) is 0.637. The molecule has 4 aromatic rings. The molecule has 0 bridgehead atoms. The number of methoxy groups -OCH3 is 1. The molecule has 0 saturated carbocycles. The molecular weight excluding hydrogens is 394 g/mol. The number of ether oxygens (including phenoxy) is 1. The minimum Gasteiger partial charge on any atom is -0.495 e. The van der Waals surface area contributed by atoms with Gasteiger partial charge in [0.15, 0.2) is 0 Å². The molecule has 154 valence electrons. The third-order valence-corrected chi connectivity index (χ3v) is 6.05. The lowest BCUT2D eigenvalue weighted by molar-refractivity contribution is 0.251. The standard InChI is InChI=1S/C24H25N3O2S/c1-4-27-20-9-6-5-8-17(20)18(23(27)22-10-7-13-30-22)15-25-24(28)26-19-14-16(2)11-12-21(19)29-3/h5-14H,4,15H2,1-3H3,(H2,25,26,28). The van der Waals surface area contributed by atoms with Gasteiger partial charge in [-0.05, 0) is 49.1 Å². The molecule has 0 aliphatic carbocycles. The van der Waals surface area contributed by atoms with E-state index in [1.807, 2.05) is 31.2 Å². The van der Waals surface area contributed by atoms with Crippen LogP contribution in [0.5, 0.6) is 5.75 Å². The number of anilines is 1. The number of fused-ring (bicyclic) bond motifs is 1. The number of rotatable bonds is 6. The number of hydrogen-bond acceptors (Lipinski definition) is 3. The Bertz CT molecular complexity index is 1180. The quantitative estimate of drug-likeness (QED) is 0.401. The number of thiophene rings is 1. The highest BCUT2D eigenvalue weighted by Crippen LogP contribution is 2.36. The fourth-order valence-corrected chi connectivity index (χ4v) is 4.64. The van der Waals surface area contributed by atoms with E-state index in [-0.39, 0.29) is 6.03 Å². The van der Waals surface area contributed by atoms with Crippen LogP contribution in [-0.2, 0) is 13.1 Å². The normalized spacial score (nSPS) is 10.9. The van der Waals surface area contributed by atoms with E-state index < -0.39 is 0 Å². The first-order chi connectivity index (χ1) is 14.6. The van der Waals surface area contributed by atoms with Gasteiger partial charge in [-0.3, -0.25) is 0 Å². The number of aromatic nitrogens is 1. The molecule has 0 atom stereocenters. The zero-order chi connectivity index (χ0) is 21.1. The smallest absolute Gasteiger partial charge is 0.319 e. The summed E-state index contributed by atoms with van der Waals surface area (Å²) in [7, 11) is 1.60. The maximum atomic E-state index is 12.7. The molecule has 0 aliphatic rings. The summed E-state index contributed by atoms with van der Waals surface area (Å²) in [6.07, 6.45) is 0. The summed E-state index contributed by atoms with van der Waals surface area (Å²) < 4.78 is 7.68. The Morgan fingerprint density at radius 1 is 1.13 bits per heavy atom. The van der Waals surface area contributed by atoms with Crippen molar-refractivity contribution in [1.29, 1.82) is 0 Å². The first-order valence-corrected chi connectivity index (χ1v) is 10.8. The number of carbonyl (C=O) groups excluding carboxylic acids is 1. The summed E-state index contributed by atoms with van der Waals surface area (Å²) >= 11 is 1.71. The van der Waals surface area contributed by atoms with Crippen molar-refractivity contribution in [3.8, 4) is 16.3 Å². The molecule has 0 saturated heterocycles. The number of amides is 2. The van der Waals surface area contributed by atoms with Crippen molar-refractivity contribution in [2.75, 3.05) is 12.4 Å². The van der Waals surface area contributed by atoms with Crippen LogP contribution in [0.4, 0.5) is 10.5 Å². The third-order valence-electron chi connectivity index (χ3n) is 5.18. The van der Waals surface area contributed by atoms with Crippen molar-refractivity contribution in [3.63, 3.8) is 0 Å². The summed E-state index contributed by atoms with van der Waals surface area (Å²) in [4.78, 5) is 13.9. The van der Waals surface area contributed by atoms with Crippen LogP contribution in [0.15, 0.2) is 60.0 Å². The van der Waals surface area contributed by atoms with Gasteiger partial charge in [0, 0.05) is 29.6 Å². The minimum atomic E-state index is -0.260. The topological polar surface area (TPSA) is 55.3 Å². The Hall–Kier alpha value is -3.25. The summed E-state index contributed by atoms with van der Waals surface area (Å²) in [5, 5.41) is 9.20. The molecule has 2 aromatic carbocycles. The van der Waals surface area contributed by atoms with Gasteiger partial charge in [-0.25, -0.2) is 4.79 Å². The maximum absolute atomic E-state index is 12.7. The van der Waals surface area contributed by atoms with Gasteiger partial charge in [-0.2, -0.15) is 0 Å². The predicted octanol–water partition coefficient (Wildman–Crippen LogP) is 6.03. The van der Waals surface area contributed by atoms with Crippen molar-refractivity contribution >= 4 is 34.0 Å². The Morgan fingerprint density at radius 3 is 2.70 bits per heavy atom. The molecule has 0 spiro atoms. The second-order valence-electron chi connectivity index (χ2n) is 7.08. The van der Waals surface area contributed by atoms with E-state index in [4.69, 9.17) is 4.74 Å². The molecule has 30 heavy (non-hydrogen) atoms. The van der Waals surface area contributed by atoms with Crippen LogP contribution in [0.1, 0.15) is 18.1 Å². The largest absolute Gasteiger partial charge is 0.495 e. The third kappa shape index (κ3) is 3.78. The lowest BCUT2D eigenvalue weighted by Gasteiger charge is -2.13. The molecule has 0 unspecified atom stereocenters. The number of aryl methyl sites for hydroxylation is 2. The number of para-hydroxylation sites is 1. The fourth-order valence-electron chi connectivity index (χ4n) is 3.83. The summed E-state index contributed by atoms with van der Waals surface area (Å²) in [5.41, 5.74) is 5.19. The maximum Gasteiger partial charge on any atom is 0.319 e. The van der Waals surface area contributed by atoms with Gasteiger partial charge in [0.25, 0.3) is 0 Å². The van der Waals surface area contributed by atoms with E-state index in [9.17, 15) is 4.79 Å². The van der Waals surface area contributed by atoms with Crippen LogP contribution >= 0.6 is 11.3 Å². The monoisotopic (exact) mass is 419 g/mol. The van der Waals surface area contributed by atoms with E-state index in [2.05, 4.69) is 57.8 Å². The average Bonchev–Trinajstić information content (AvgIpc) is 3.38. The van der Waals surface area contributed by atoms with E-state index >= 15 is 0 Å². The first-order valence-electron chi connectivity index (χ1n) is 9.95. The molecule has 6 heteroatoms. The van der Waals surface area contributed by atoms with Crippen LogP contribution in [0.3, 0.4) is 0 Å². The van der Waals surface area contributed by atoms with Gasteiger partial charge in [0.05, 0.1) is 23.4 Å². The average molecular weight is 420 g/mol. The van der Waals surface area contributed by atoms with Gasteiger partial charge in [-0.15, -0.1) is 11.3 Å². The van der Waals surface area contributed by atoms with E-state index in [0.29, 0.717) is 18.0 Å². The zero-order valence-corrected chi connectivity index (χ0v) is 18.2. The molecular formula is C24H25N3O2S.